The highest BCUT2D eigenvalue weighted by molar-refractivity contribution is 5.96. The molecule has 0 radical (unpaired) electrons. The van der Waals surface area contributed by atoms with Crippen molar-refractivity contribution in [3.8, 4) is 0 Å². The normalized spacial score (nSPS) is 19.4. The third kappa shape index (κ3) is 32.9. The number of aliphatic hydroxyl groups excluding tert-OH is 4. The van der Waals surface area contributed by atoms with Crippen LogP contribution < -0.4 is 10.6 Å². The molecule has 1 saturated heterocycles. The molecule has 0 aromatic rings. The van der Waals surface area contributed by atoms with Crippen molar-refractivity contribution >= 4 is 11.8 Å². The van der Waals surface area contributed by atoms with Crippen molar-refractivity contribution in [1.29, 1.82) is 0 Å². The summed E-state index contributed by atoms with van der Waals surface area (Å²) < 4.78 is 0. The predicted molar refractivity (Wildman–Crippen MR) is 338 cm³/mol. The molecule has 0 saturated carbocycles. The van der Waals surface area contributed by atoms with Crippen LogP contribution in [0.2, 0.25) is 0 Å². The number of aliphatic hydroxyl groups is 4. The Labute approximate surface area is 488 Å². The van der Waals surface area contributed by atoms with Crippen molar-refractivity contribution in [2.24, 2.45) is 54.7 Å². The van der Waals surface area contributed by atoms with Crippen molar-refractivity contribution in [3.63, 3.8) is 0 Å². The summed E-state index contributed by atoms with van der Waals surface area (Å²) in [7, 11) is 0. The first-order valence-electron chi connectivity index (χ1n) is 31.3. The first kappa shape index (κ1) is 74.7. The second kappa shape index (κ2) is 32.1. The van der Waals surface area contributed by atoms with E-state index in [9.17, 15) is 30.0 Å². The summed E-state index contributed by atoms with van der Waals surface area (Å²) in [5.74, 6) is 0.151. The molecular weight excluding hydrogens is 981 g/mol. The van der Waals surface area contributed by atoms with Crippen LogP contribution in [-0.2, 0) is 9.59 Å². The minimum atomic E-state index is -0.629. The van der Waals surface area contributed by atoms with E-state index in [2.05, 4.69) is 228 Å². The SMILES string of the molecule is CCC(C)/C=C\C(C)(C)CC(O)CN(CCCCC1NC(=O)C(CCCCN(CC(O)CC(C)(C)/C=C\C(C)(C)CC)CC(O)C(C)(C)C/C=C\C(C)(C)CC(C)(C)C)NC1=O)CC(O)C(C)(C)C/C=C\C(C)(C)CC(C)(C)C. The van der Waals surface area contributed by atoms with Crippen LogP contribution in [0.1, 0.15) is 249 Å². The lowest BCUT2D eigenvalue weighted by molar-refractivity contribution is -0.137. The summed E-state index contributed by atoms with van der Waals surface area (Å²) >= 11 is 0. The smallest absolute Gasteiger partial charge is 0.243 e. The molecule has 79 heavy (non-hydrogen) atoms. The highest BCUT2D eigenvalue weighted by Crippen LogP contribution is 2.38. The molecule has 2 amide bonds. The number of carbonyl (C=O) groups excluding carboxylic acids is 2. The Hall–Kier alpha value is -2.34. The topological polar surface area (TPSA) is 146 Å². The quantitative estimate of drug-likeness (QED) is 0.0265. The maximum atomic E-state index is 13.6. The fraction of sp³-hybridized carbons (Fsp3) is 0.855. The number of unbranched alkanes of at least 4 members (excludes halogenated alkanes) is 2. The predicted octanol–water partition coefficient (Wildman–Crippen LogP) is 14.7. The van der Waals surface area contributed by atoms with E-state index in [1.54, 1.807) is 0 Å². The van der Waals surface area contributed by atoms with Gasteiger partial charge in [0.2, 0.25) is 11.8 Å². The van der Waals surface area contributed by atoms with Crippen LogP contribution in [0.3, 0.4) is 0 Å². The van der Waals surface area contributed by atoms with Gasteiger partial charge in [-0.2, -0.15) is 0 Å². The van der Waals surface area contributed by atoms with Gasteiger partial charge in [0.1, 0.15) is 12.1 Å². The minimum Gasteiger partial charge on any atom is -0.392 e. The van der Waals surface area contributed by atoms with Crippen LogP contribution in [-0.4, -0.2) is 118 Å². The maximum Gasteiger partial charge on any atom is 0.243 e. The highest BCUT2D eigenvalue weighted by atomic mass is 16.3. The Balaban J connectivity index is 3.08. The molecule has 7 unspecified atom stereocenters. The van der Waals surface area contributed by atoms with Crippen LogP contribution in [0.4, 0.5) is 0 Å². The van der Waals surface area contributed by atoms with E-state index >= 15 is 0 Å². The van der Waals surface area contributed by atoms with Crippen molar-refractivity contribution in [1.82, 2.24) is 20.4 Å². The number of allylic oxidation sites excluding steroid dienone is 8. The molecule has 1 heterocycles. The van der Waals surface area contributed by atoms with Gasteiger partial charge in [-0.25, -0.2) is 0 Å². The number of rotatable bonds is 38. The second-order valence-electron chi connectivity index (χ2n) is 32.4. The summed E-state index contributed by atoms with van der Waals surface area (Å²) in [4.78, 5) is 31.5. The van der Waals surface area contributed by atoms with Gasteiger partial charge in [-0.3, -0.25) is 19.4 Å². The Morgan fingerprint density at radius 1 is 0.481 bits per heavy atom. The monoisotopic (exact) mass is 1110 g/mol. The fourth-order valence-corrected chi connectivity index (χ4v) is 11.6. The highest BCUT2D eigenvalue weighted by Gasteiger charge is 2.35. The molecule has 1 fully saturated rings. The lowest BCUT2D eigenvalue weighted by Crippen LogP contribution is -2.61. The largest absolute Gasteiger partial charge is 0.392 e. The van der Waals surface area contributed by atoms with Crippen LogP contribution >= 0.6 is 0 Å². The molecular formula is C69H130N4O6. The van der Waals surface area contributed by atoms with E-state index in [4.69, 9.17) is 0 Å². The molecule has 0 bridgehead atoms. The molecule has 0 aromatic carbocycles. The van der Waals surface area contributed by atoms with Gasteiger partial charge in [-0.15, -0.1) is 0 Å². The van der Waals surface area contributed by atoms with E-state index in [0.717, 1.165) is 51.4 Å². The van der Waals surface area contributed by atoms with Gasteiger partial charge >= 0.3 is 0 Å². The Morgan fingerprint density at radius 3 is 1.18 bits per heavy atom. The van der Waals surface area contributed by atoms with Crippen molar-refractivity contribution < 1.29 is 30.0 Å². The molecule has 7 atom stereocenters. The third-order valence-electron chi connectivity index (χ3n) is 16.6. The summed E-state index contributed by atoms with van der Waals surface area (Å²) in [5, 5.41) is 52.8. The Kier molecular flexibility index (Phi) is 30.3. The molecule has 1 rings (SSSR count). The summed E-state index contributed by atoms with van der Waals surface area (Å²) in [6.45, 7) is 53.9. The zero-order chi connectivity index (χ0) is 61.1. The molecule has 6 N–H and O–H groups in total. The number of hydrogen-bond donors (Lipinski definition) is 6. The number of nitrogens with zero attached hydrogens (tertiary/aromatic N) is 2. The van der Waals surface area contributed by atoms with E-state index < -0.39 is 41.9 Å². The lowest BCUT2D eigenvalue weighted by Gasteiger charge is -2.36. The standard InChI is InChI=1S/C69H130N4O6/c1-24-52(3)34-39-64(12,13)44-53(74)46-72(48-57(76)68(20,21)37-30-35-66(16,17)50-61(4,5)6)42-28-26-32-55-59(78)71-56(60(79)70-55)33-27-29-43-73(47-54(75)45-65(14,15)41-40-63(10,11)25-2)49-58(77)69(22,23)38-31-36-67(18,19)51-62(7,8)9/h30-31,34-36,39-41,52-58,74-77H,24-29,32-33,37-38,42-51H2,1-23H3,(H,70,79)(H,71,78)/b35-30-,36-31-,39-34-,41-40-. The maximum absolute atomic E-state index is 13.6. The van der Waals surface area contributed by atoms with Gasteiger partial charge in [0.15, 0.2) is 0 Å². The zero-order valence-corrected chi connectivity index (χ0v) is 55.8. The molecule has 0 aliphatic carbocycles. The van der Waals surface area contributed by atoms with Gasteiger partial charge in [0.25, 0.3) is 0 Å². The van der Waals surface area contributed by atoms with Crippen LogP contribution in [0.5, 0.6) is 0 Å². The molecule has 1 aliphatic rings. The average Bonchev–Trinajstić information content (AvgIpc) is 3.26. The van der Waals surface area contributed by atoms with Crippen molar-refractivity contribution in [2.45, 2.75) is 286 Å². The lowest BCUT2D eigenvalue weighted by atomic mass is 9.75. The van der Waals surface area contributed by atoms with E-state index in [0.29, 0.717) is 83.7 Å². The second-order valence-corrected chi connectivity index (χ2v) is 32.4. The molecule has 10 heteroatoms. The van der Waals surface area contributed by atoms with E-state index in [1.165, 1.54) is 0 Å². The van der Waals surface area contributed by atoms with Crippen LogP contribution in [0.15, 0.2) is 48.6 Å². The molecule has 1 aliphatic heterocycles. The first-order valence-corrected chi connectivity index (χ1v) is 31.3. The Bertz CT molecular complexity index is 1890. The van der Waals surface area contributed by atoms with Gasteiger partial charge < -0.3 is 31.1 Å². The molecule has 0 aromatic heterocycles. The van der Waals surface area contributed by atoms with Crippen LogP contribution in [0, 0.1) is 54.7 Å². The van der Waals surface area contributed by atoms with E-state index in [-0.39, 0.29) is 55.1 Å². The summed E-state index contributed by atoms with van der Waals surface area (Å²) in [6, 6.07) is -1.24. The van der Waals surface area contributed by atoms with Crippen LogP contribution in [0.25, 0.3) is 0 Å². The molecule has 462 valence electrons. The van der Waals surface area contributed by atoms with Gasteiger partial charge in [0.05, 0.1) is 24.4 Å². The fourth-order valence-electron chi connectivity index (χ4n) is 11.6. The Morgan fingerprint density at radius 2 is 0.835 bits per heavy atom. The number of piperazine rings is 1. The molecule has 10 nitrogen and oxygen atoms in total. The van der Waals surface area contributed by atoms with Gasteiger partial charge in [0, 0.05) is 26.2 Å². The third-order valence-corrected chi connectivity index (χ3v) is 16.6. The average molecular weight is 1110 g/mol. The van der Waals surface area contributed by atoms with Crippen molar-refractivity contribution in [3.05, 3.63) is 48.6 Å². The minimum absolute atomic E-state index is 0.0430. The first-order chi connectivity index (χ1) is 35.8. The van der Waals surface area contributed by atoms with E-state index in [1.807, 2.05) is 0 Å². The van der Waals surface area contributed by atoms with Gasteiger partial charge in [-0.05, 0) is 151 Å². The number of nitrogens with one attached hydrogen (secondary N) is 2. The summed E-state index contributed by atoms with van der Waals surface area (Å²) in [5.41, 5.74) is -0.584. The zero-order valence-electron chi connectivity index (χ0n) is 55.8. The van der Waals surface area contributed by atoms with Gasteiger partial charge in [-0.1, -0.05) is 214 Å². The summed E-state index contributed by atoms with van der Waals surface area (Å²) in [6.07, 6.45) is 26.4. The number of carbonyl (C=O) groups is 2. The number of amides is 2. The molecule has 0 spiro atoms. The van der Waals surface area contributed by atoms with Crippen molar-refractivity contribution in [2.75, 3.05) is 39.3 Å². The number of hydrogen-bond acceptors (Lipinski definition) is 8.